The fraction of sp³-hybridized carbons (Fsp3) is 0.231. The molecule has 20 heavy (non-hydrogen) atoms. The summed E-state index contributed by atoms with van der Waals surface area (Å²) in [6.45, 7) is 1.36. The van der Waals surface area contributed by atoms with Gasteiger partial charge in [0, 0.05) is 13.1 Å². The normalized spacial score (nSPS) is 14.7. The van der Waals surface area contributed by atoms with E-state index in [9.17, 15) is 4.79 Å². The molecular weight excluding hydrogens is 258 g/mol. The van der Waals surface area contributed by atoms with Gasteiger partial charge in [-0.2, -0.15) is 5.26 Å². The number of carbonyl (C=O) groups is 1. The zero-order valence-electron chi connectivity index (χ0n) is 10.5. The molecule has 7 nitrogen and oxygen atoms in total. The van der Waals surface area contributed by atoms with Crippen LogP contribution in [0, 0.1) is 11.3 Å². The van der Waals surface area contributed by atoms with Crippen LogP contribution in [0.2, 0.25) is 0 Å². The molecule has 1 aliphatic rings. The molecule has 100 valence electrons. The molecule has 7 heteroatoms. The molecule has 0 atom stereocenters. The summed E-state index contributed by atoms with van der Waals surface area (Å²) in [4.78, 5) is 12.8. The van der Waals surface area contributed by atoms with Gasteiger partial charge in [-0.1, -0.05) is 17.3 Å². The van der Waals surface area contributed by atoms with Crippen LogP contribution < -0.4 is 4.90 Å². The largest absolute Gasteiger partial charge is 0.476 e. The average molecular weight is 269 g/mol. The van der Waals surface area contributed by atoms with Crippen LogP contribution in [0.3, 0.4) is 0 Å². The maximum Gasteiger partial charge on any atom is 0.358 e. The summed E-state index contributed by atoms with van der Waals surface area (Å²) in [6, 6.07) is 9.65. The molecular formula is C13H11N5O2. The van der Waals surface area contributed by atoms with Gasteiger partial charge in [0.2, 0.25) is 0 Å². The molecule has 0 radical (unpaired) electrons. The lowest BCUT2D eigenvalue weighted by atomic mass is 10.1. The number of hydrogen-bond donors (Lipinski definition) is 1. The van der Waals surface area contributed by atoms with Crippen molar-refractivity contribution in [3.8, 4) is 6.07 Å². The molecule has 1 aliphatic heterocycles. The summed E-state index contributed by atoms with van der Waals surface area (Å²) in [5.74, 6) is -1.08. The SMILES string of the molecule is N#Cc1ccccc1N1CC(n2cc(C(=O)O)nn2)C1. The first-order chi connectivity index (χ1) is 9.69. The minimum atomic E-state index is -1.08. The van der Waals surface area contributed by atoms with Crippen molar-refractivity contribution in [3.05, 3.63) is 41.7 Å². The molecule has 3 rings (SSSR count). The number of benzene rings is 1. The number of carboxylic acid groups (broad SMARTS) is 1. The Morgan fingerprint density at radius 3 is 2.80 bits per heavy atom. The zero-order chi connectivity index (χ0) is 14.1. The Hall–Kier alpha value is -2.88. The van der Waals surface area contributed by atoms with E-state index in [1.807, 2.05) is 18.2 Å². The van der Waals surface area contributed by atoms with Crippen LogP contribution >= 0.6 is 0 Å². The molecule has 1 aromatic heterocycles. The standard InChI is InChI=1S/C13H11N5O2/c14-5-9-3-1-2-4-12(9)17-6-10(7-17)18-8-11(13(19)20)15-16-18/h1-4,8,10H,6-7H2,(H,19,20). The second kappa shape index (κ2) is 4.66. The fourth-order valence-electron chi connectivity index (χ4n) is 2.22. The minimum absolute atomic E-state index is 0.0547. The van der Waals surface area contributed by atoms with Crippen LogP contribution in [0.5, 0.6) is 0 Å². The van der Waals surface area contributed by atoms with Crippen LogP contribution in [0.25, 0.3) is 0 Å². The number of hydrogen-bond acceptors (Lipinski definition) is 5. The van der Waals surface area contributed by atoms with Crippen molar-refractivity contribution in [2.24, 2.45) is 0 Å². The van der Waals surface area contributed by atoms with E-state index in [0.717, 1.165) is 5.69 Å². The van der Waals surface area contributed by atoms with Crippen molar-refractivity contribution < 1.29 is 9.90 Å². The molecule has 1 aromatic carbocycles. The molecule has 0 spiro atoms. The lowest BCUT2D eigenvalue weighted by Crippen LogP contribution is -2.48. The molecule has 1 fully saturated rings. The molecule has 1 N–H and O–H groups in total. The molecule has 0 aliphatic carbocycles. The van der Waals surface area contributed by atoms with E-state index < -0.39 is 5.97 Å². The first kappa shape index (κ1) is 12.2. The molecule has 2 aromatic rings. The summed E-state index contributed by atoms with van der Waals surface area (Å²) >= 11 is 0. The number of carboxylic acids is 1. The first-order valence-electron chi connectivity index (χ1n) is 6.08. The summed E-state index contributed by atoms with van der Waals surface area (Å²) in [6.07, 6.45) is 1.43. The van der Waals surface area contributed by atoms with Gasteiger partial charge in [0.05, 0.1) is 23.5 Å². The van der Waals surface area contributed by atoms with E-state index in [4.69, 9.17) is 10.4 Å². The van der Waals surface area contributed by atoms with Gasteiger partial charge < -0.3 is 10.0 Å². The average Bonchev–Trinajstić information content (AvgIpc) is 2.87. The van der Waals surface area contributed by atoms with Crippen molar-refractivity contribution >= 4 is 11.7 Å². The van der Waals surface area contributed by atoms with Gasteiger partial charge in [0.15, 0.2) is 5.69 Å². The predicted molar refractivity (Wildman–Crippen MR) is 69.4 cm³/mol. The van der Waals surface area contributed by atoms with Gasteiger partial charge in [0.1, 0.15) is 6.07 Å². The van der Waals surface area contributed by atoms with Crippen LogP contribution in [0.15, 0.2) is 30.5 Å². The Balaban J connectivity index is 1.72. The van der Waals surface area contributed by atoms with E-state index in [-0.39, 0.29) is 11.7 Å². The molecule has 0 unspecified atom stereocenters. The molecule has 2 heterocycles. The highest BCUT2D eigenvalue weighted by Crippen LogP contribution is 2.29. The number of rotatable bonds is 3. The van der Waals surface area contributed by atoms with E-state index in [2.05, 4.69) is 21.3 Å². The van der Waals surface area contributed by atoms with Crippen LogP contribution in [-0.4, -0.2) is 39.2 Å². The van der Waals surface area contributed by atoms with Gasteiger partial charge >= 0.3 is 5.97 Å². The maximum absolute atomic E-state index is 10.8. The number of nitrogens with zero attached hydrogens (tertiary/aromatic N) is 5. The Morgan fingerprint density at radius 1 is 1.40 bits per heavy atom. The highest BCUT2D eigenvalue weighted by atomic mass is 16.4. The zero-order valence-corrected chi connectivity index (χ0v) is 10.5. The Kier molecular flexibility index (Phi) is 2.84. The second-order valence-electron chi connectivity index (χ2n) is 4.58. The summed E-state index contributed by atoms with van der Waals surface area (Å²) in [5.41, 5.74) is 1.47. The number of nitriles is 1. The van der Waals surface area contributed by atoms with Crippen LogP contribution in [0.4, 0.5) is 5.69 Å². The second-order valence-corrected chi connectivity index (χ2v) is 4.58. The van der Waals surface area contributed by atoms with E-state index in [0.29, 0.717) is 18.7 Å². The molecule has 0 amide bonds. The molecule has 0 saturated carbocycles. The summed E-state index contributed by atoms with van der Waals surface area (Å²) in [7, 11) is 0. The summed E-state index contributed by atoms with van der Waals surface area (Å²) < 4.78 is 1.56. The van der Waals surface area contributed by atoms with E-state index >= 15 is 0 Å². The number of para-hydroxylation sites is 1. The third-order valence-electron chi connectivity index (χ3n) is 3.33. The lowest BCUT2D eigenvalue weighted by Gasteiger charge is -2.40. The van der Waals surface area contributed by atoms with Crippen LogP contribution in [0.1, 0.15) is 22.1 Å². The topological polar surface area (TPSA) is 95.0 Å². The number of aromatic nitrogens is 3. The smallest absolute Gasteiger partial charge is 0.358 e. The Labute approximate surface area is 114 Å². The van der Waals surface area contributed by atoms with Crippen molar-refractivity contribution in [1.82, 2.24) is 15.0 Å². The predicted octanol–water partition coefficient (Wildman–Crippen LogP) is 0.909. The quantitative estimate of drug-likeness (QED) is 0.889. The van der Waals surface area contributed by atoms with Gasteiger partial charge in [-0.25, -0.2) is 9.48 Å². The van der Waals surface area contributed by atoms with Crippen molar-refractivity contribution in [1.29, 1.82) is 5.26 Å². The highest BCUT2D eigenvalue weighted by Gasteiger charge is 2.31. The van der Waals surface area contributed by atoms with Crippen LogP contribution in [-0.2, 0) is 0 Å². The third kappa shape index (κ3) is 1.97. The molecule has 0 bridgehead atoms. The molecule has 1 saturated heterocycles. The monoisotopic (exact) mass is 269 g/mol. The Bertz CT molecular complexity index is 697. The van der Waals surface area contributed by atoms with Gasteiger partial charge in [-0.3, -0.25) is 0 Å². The summed E-state index contributed by atoms with van der Waals surface area (Å²) in [5, 5.41) is 25.3. The van der Waals surface area contributed by atoms with Crippen molar-refractivity contribution in [3.63, 3.8) is 0 Å². The maximum atomic E-state index is 10.8. The highest BCUT2D eigenvalue weighted by molar-refractivity contribution is 5.84. The number of anilines is 1. The van der Waals surface area contributed by atoms with E-state index in [1.165, 1.54) is 6.20 Å². The van der Waals surface area contributed by atoms with Crippen molar-refractivity contribution in [2.75, 3.05) is 18.0 Å². The van der Waals surface area contributed by atoms with Crippen molar-refractivity contribution in [2.45, 2.75) is 6.04 Å². The third-order valence-corrected chi connectivity index (χ3v) is 3.33. The van der Waals surface area contributed by atoms with Gasteiger partial charge in [-0.05, 0) is 12.1 Å². The Morgan fingerprint density at radius 2 is 2.15 bits per heavy atom. The van der Waals surface area contributed by atoms with Gasteiger partial charge in [0.25, 0.3) is 0 Å². The minimum Gasteiger partial charge on any atom is -0.476 e. The number of aromatic carboxylic acids is 1. The van der Waals surface area contributed by atoms with Gasteiger partial charge in [-0.15, -0.1) is 5.10 Å². The first-order valence-corrected chi connectivity index (χ1v) is 6.08. The fourth-order valence-corrected chi connectivity index (χ4v) is 2.22. The lowest BCUT2D eigenvalue weighted by molar-refractivity contribution is 0.0690. The van der Waals surface area contributed by atoms with E-state index in [1.54, 1.807) is 10.7 Å².